The second-order valence-corrected chi connectivity index (χ2v) is 6.45. The fourth-order valence-electron chi connectivity index (χ4n) is 1.92. The van der Waals surface area contributed by atoms with Gasteiger partial charge in [-0.2, -0.15) is 0 Å². The molecule has 1 heterocycles. The van der Waals surface area contributed by atoms with Gasteiger partial charge in [-0.1, -0.05) is 23.4 Å². The summed E-state index contributed by atoms with van der Waals surface area (Å²) in [6.45, 7) is 3.25. The van der Waals surface area contributed by atoms with Gasteiger partial charge in [-0.25, -0.2) is 14.8 Å². The number of carboxylic acids is 1. The number of carbonyl (C=O) groups is 2. The molecule has 1 aromatic carbocycles. The normalized spacial score (nSPS) is 10.4. The molecule has 2 N–H and O–H groups in total. The lowest BCUT2D eigenvalue weighted by molar-refractivity contribution is -0.139. The van der Waals surface area contributed by atoms with Crippen LogP contribution in [0.1, 0.15) is 11.4 Å². The largest absolute Gasteiger partial charge is 0.480 e. The lowest BCUT2D eigenvalue weighted by Crippen LogP contribution is -2.14. The molecule has 0 fully saturated rings. The Morgan fingerprint density at radius 3 is 2.52 bits per heavy atom. The number of carbonyl (C=O) groups excluding carboxylic acids is 1. The summed E-state index contributed by atoms with van der Waals surface area (Å²) >= 11 is 7.25. The molecule has 0 saturated heterocycles. The van der Waals surface area contributed by atoms with Crippen LogP contribution in [-0.4, -0.2) is 39.3 Å². The number of hydrogen-bond donors (Lipinski definition) is 2. The van der Waals surface area contributed by atoms with Crippen molar-refractivity contribution in [1.29, 1.82) is 0 Å². The third-order valence-corrected chi connectivity index (χ3v) is 4.00. The first-order valence-electron chi connectivity index (χ1n) is 7.22. The van der Waals surface area contributed by atoms with Gasteiger partial charge in [0.25, 0.3) is 0 Å². The van der Waals surface area contributed by atoms with Gasteiger partial charge in [0.05, 0.1) is 10.8 Å². The topological polar surface area (TPSA) is 101 Å². The maximum Gasteiger partial charge on any atom is 0.341 e. The highest BCUT2D eigenvalue weighted by atomic mass is 35.5. The van der Waals surface area contributed by atoms with Crippen molar-refractivity contribution in [2.75, 3.05) is 17.7 Å². The van der Waals surface area contributed by atoms with Crippen LogP contribution in [0.4, 0.5) is 5.69 Å². The van der Waals surface area contributed by atoms with Gasteiger partial charge < -0.3 is 15.2 Å². The number of aliphatic carboxylic acids is 1. The SMILES string of the molecule is Cc1cc(C)nc(SCC(=O)Nc2ccc(OCC(=O)O)c(Cl)c2)n1. The van der Waals surface area contributed by atoms with Crippen molar-refractivity contribution in [3.8, 4) is 5.75 Å². The van der Waals surface area contributed by atoms with E-state index in [0.717, 1.165) is 11.4 Å². The van der Waals surface area contributed by atoms with Gasteiger partial charge in [-0.3, -0.25) is 4.79 Å². The van der Waals surface area contributed by atoms with Crippen LogP contribution in [0.3, 0.4) is 0 Å². The van der Waals surface area contributed by atoms with Crippen LogP contribution >= 0.6 is 23.4 Å². The van der Waals surface area contributed by atoms with Gasteiger partial charge in [0, 0.05) is 17.1 Å². The molecule has 132 valence electrons. The maximum absolute atomic E-state index is 12.0. The van der Waals surface area contributed by atoms with E-state index in [1.165, 1.54) is 23.9 Å². The summed E-state index contributed by atoms with van der Waals surface area (Å²) in [4.78, 5) is 31.0. The number of nitrogens with zero attached hydrogens (tertiary/aromatic N) is 2. The van der Waals surface area contributed by atoms with Crippen LogP contribution < -0.4 is 10.1 Å². The van der Waals surface area contributed by atoms with Gasteiger partial charge in [0.1, 0.15) is 5.75 Å². The summed E-state index contributed by atoms with van der Waals surface area (Å²) in [6.07, 6.45) is 0. The summed E-state index contributed by atoms with van der Waals surface area (Å²) < 4.78 is 5.02. The maximum atomic E-state index is 12.0. The Labute approximate surface area is 153 Å². The third-order valence-electron chi connectivity index (χ3n) is 2.86. The van der Waals surface area contributed by atoms with Crippen molar-refractivity contribution in [1.82, 2.24) is 9.97 Å². The predicted octanol–water partition coefficient (Wildman–Crippen LogP) is 2.94. The standard InChI is InChI=1S/C16H16ClN3O4S/c1-9-5-10(2)19-16(18-9)25-8-14(21)20-11-3-4-13(12(17)6-11)24-7-15(22)23/h3-6H,7-8H2,1-2H3,(H,20,21)(H,22,23). The zero-order valence-corrected chi connectivity index (χ0v) is 15.1. The Hall–Kier alpha value is -2.32. The number of anilines is 1. The minimum Gasteiger partial charge on any atom is -0.480 e. The van der Waals surface area contributed by atoms with E-state index in [-0.39, 0.29) is 22.4 Å². The number of benzene rings is 1. The second-order valence-electron chi connectivity index (χ2n) is 5.10. The minimum atomic E-state index is -1.10. The molecule has 9 heteroatoms. The molecule has 0 spiro atoms. The van der Waals surface area contributed by atoms with E-state index in [1.54, 1.807) is 6.07 Å². The van der Waals surface area contributed by atoms with Crippen molar-refractivity contribution in [3.63, 3.8) is 0 Å². The number of nitrogens with one attached hydrogen (secondary N) is 1. The third kappa shape index (κ3) is 6.24. The molecule has 0 saturated carbocycles. The summed E-state index contributed by atoms with van der Waals surface area (Å²) in [5.74, 6) is -0.945. The van der Waals surface area contributed by atoms with Crippen molar-refractivity contribution in [3.05, 3.63) is 40.7 Å². The van der Waals surface area contributed by atoms with Crippen LogP contribution in [0.5, 0.6) is 5.75 Å². The highest BCUT2D eigenvalue weighted by molar-refractivity contribution is 7.99. The molecule has 7 nitrogen and oxygen atoms in total. The van der Waals surface area contributed by atoms with E-state index in [1.807, 2.05) is 19.9 Å². The molecule has 25 heavy (non-hydrogen) atoms. The van der Waals surface area contributed by atoms with E-state index in [0.29, 0.717) is 10.8 Å². The molecule has 0 aliphatic rings. The van der Waals surface area contributed by atoms with Crippen LogP contribution in [0.2, 0.25) is 5.02 Å². The van der Waals surface area contributed by atoms with Crippen LogP contribution in [0.25, 0.3) is 0 Å². The van der Waals surface area contributed by atoms with E-state index in [9.17, 15) is 9.59 Å². The van der Waals surface area contributed by atoms with Crippen molar-refractivity contribution >= 4 is 40.9 Å². The molecule has 0 bridgehead atoms. The highest BCUT2D eigenvalue weighted by Crippen LogP contribution is 2.27. The number of aromatic nitrogens is 2. The van der Waals surface area contributed by atoms with Crippen LogP contribution in [0, 0.1) is 13.8 Å². The Kier molecular flexibility index (Phi) is 6.60. The first kappa shape index (κ1) is 19.0. The average molecular weight is 382 g/mol. The molecule has 0 aliphatic heterocycles. The summed E-state index contributed by atoms with van der Waals surface area (Å²) in [5.41, 5.74) is 2.18. The Morgan fingerprint density at radius 1 is 1.24 bits per heavy atom. The van der Waals surface area contributed by atoms with E-state index < -0.39 is 12.6 Å². The Morgan fingerprint density at radius 2 is 1.92 bits per heavy atom. The van der Waals surface area contributed by atoms with Crippen molar-refractivity contribution in [2.24, 2.45) is 0 Å². The van der Waals surface area contributed by atoms with E-state index >= 15 is 0 Å². The van der Waals surface area contributed by atoms with Crippen LogP contribution in [0.15, 0.2) is 29.4 Å². The molecule has 2 rings (SSSR count). The lowest BCUT2D eigenvalue weighted by Gasteiger charge is -2.09. The number of rotatable bonds is 7. The molecule has 0 radical (unpaired) electrons. The molecule has 0 atom stereocenters. The lowest BCUT2D eigenvalue weighted by atomic mass is 10.3. The molecule has 1 aromatic heterocycles. The summed E-state index contributed by atoms with van der Waals surface area (Å²) in [5, 5.41) is 12.0. The number of thioether (sulfide) groups is 1. The second kappa shape index (κ2) is 8.68. The Bertz CT molecular complexity index is 781. The molecular formula is C16H16ClN3O4S. The number of amides is 1. The summed E-state index contributed by atoms with van der Waals surface area (Å²) in [6, 6.07) is 6.44. The van der Waals surface area contributed by atoms with Crippen LogP contribution in [-0.2, 0) is 9.59 Å². The van der Waals surface area contributed by atoms with E-state index in [2.05, 4.69) is 15.3 Å². The van der Waals surface area contributed by atoms with E-state index in [4.69, 9.17) is 21.4 Å². The monoisotopic (exact) mass is 381 g/mol. The predicted molar refractivity (Wildman–Crippen MR) is 95.4 cm³/mol. The highest BCUT2D eigenvalue weighted by Gasteiger charge is 2.09. The number of carboxylic acid groups (broad SMARTS) is 1. The quantitative estimate of drug-likeness (QED) is 0.561. The smallest absolute Gasteiger partial charge is 0.341 e. The van der Waals surface area contributed by atoms with Gasteiger partial charge >= 0.3 is 5.97 Å². The zero-order chi connectivity index (χ0) is 18.4. The molecule has 0 unspecified atom stereocenters. The minimum absolute atomic E-state index is 0.151. The average Bonchev–Trinajstić information content (AvgIpc) is 2.51. The number of aryl methyl sites for hydroxylation is 2. The molecular weight excluding hydrogens is 366 g/mol. The number of hydrogen-bond acceptors (Lipinski definition) is 6. The van der Waals surface area contributed by atoms with Gasteiger partial charge in [0.15, 0.2) is 11.8 Å². The fourth-order valence-corrected chi connectivity index (χ4v) is 2.90. The van der Waals surface area contributed by atoms with Gasteiger partial charge in [-0.05, 0) is 38.1 Å². The van der Waals surface area contributed by atoms with Gasteiger partial charge in [-0.15, -0.1) is 0 Å². The first-order valence-corrected chi connectivity index (χ1v) is 8.59. The first-order chi connectivity index (χ1) is 11.8. The Balaban J connectivity index is 1.91. The summed E-state index contributed by atoms with van der Waals surface area (Å²) in [7, 11) is 0. The van der Waals surface area contributed by atoms with Crippen molar-refractivity contribution in [2.45, 2.75) is 19.0 Å². The van der Waals surface area contributed by atoms with Crippen molar-refractivity contribution < 1.29 is 19.4 Å². The molecule has 2 aromatic rings. The fraction of sp³-hybridized carbons (Fsp3) is 0.250. The number of halogens is 1. The molecule has 1 amide bonds. The molecule has 0 aliphatic carbocycles. The number of ether oxygens (including phenoxy) is 1. The zero-order valence-electron chi connectivity index (χ0n) is 13.6. The van der Waals surface area contributed by atoms with Gasteiger partial charge in [0.2, 0.25) is 5.91 Å².